The Hall–Kier alpha value is -1.13. The van der Waals surface area contributed by atoms with Crippen molar-refractivity contribution >= 4 is 15.9 Å². The van der Waals surface area contributed by atoms with E-state index in [-0.39, 0.29) is 0 Å². The molecule has 0 saturated heterocycles. The Morgan fingerprint density at radius 1 is 1.24 bits per heavy atom. The molecule has 4 heteroatoms. The van der Waals surface area contributed by atoms with Crippen LogP contribution in [0.4, 0.5) is 0 Å². The van der Waals surface area contributed by atoms with E-state index in [0.29, 0.717) is 6.54 Å². The van der Waals surface area contributed by atoms with Gasteiger partial charge in [0, 0.05) is 16.7 Å². The Morgan fingerprint density at radius 2 is 2.00 bits per heavy atom. The number of benzene rings is 1. The van der Waals surface area contributed by atoms with Crippen LogP contribution in [-0.4, -0.2) is 9.78 Å². The fourth-order valence-corrected chi connectivity index (χ4v) is 2.74. The summed E-state index contributed by atoms with van der Waals surface area (Å²) in [6.07, 6.45) is 3.45. The number of halogens is 1. The Labute approximate surface area is 109 Å². The summed E-state index contributed by atoms with van der Waals surface area (Å²) in [4.78, 5) is 0. The van der Waals surface area contributed by atoms with Crippen molar-refractivity contribution in [3.63, 3.8) is 0 Å². The lowest BCUT2D eigenvalue weighted by Crippen LogP contribution is -2.03. The van der Waals surface area contributed by atoms with Gasteiger partial charge >= 0.3 is 0 Å². The van der Waals surface area contributed by atoms with Crippen LogP contribution in [0.3, 0.4) is 0 Å². The van der Waals surface area contributed by atoms with E-state index < -0.39 is 0 Å². The SMILES string of the molecule is NCc1nn(-c2ccc(Br)cc2)c2c1CCC2. The van der Waals surface area contributed by atoms with Gasteiger partial charge in [0.1, 0.15) is 0 Å². The molecule has 0 saturated carbocycles. The molecule has 0 unspecified atom stereocenters. The largest absolute Gasteiger partial charge is 0.325 e. The van der Waals surface area contributed by atoms with Gasteiger partial charge in [0.25, 0.3) is 0 Å². The van der Waals surface area contributed by atoms with E-state index in [1.54, 1.807) is 0 Å². The Balaban J connectivity index is 2.12. The van der Waals surface area contributed by atoms with Crippen molar-refractivity contribution < 1.29 is 0 Å². The van der Waals surface area contributed by atoms with Gasteiger partial charge < -0.3 is 5.73 Å². The van der Waals surface area contributed by atoms with E-state index in [2.05, 4.69) is 37.8 Å². The Bertz CT molecular complexity index is 543. The first kappa shape index (κ1) is 11.0. The lowest BCUT2D eigenvalue weighted by Gasteiger charge is -2.05. The molecule has 88 valence electrons. The summed E-state index contributed by atoms with van der Waals surface area (Å²) in [6.45, 7) is 0.534. The molecular formula is C13H14BrN3. The summed E-state index contributed by atoms with van der Waals surface area (Å²) in [5.74, 6) is 0. The van der Waals surface area contributed by atoms with Crippen molar-refractivity contribution in [2.75, 3.05) is 0 Å². The van der Waals surface area contributed by atoms with E-state index in [9.17, 15) is 0 Å². The molecule has 0 bridgehead atoms. The highest BCUT2D eigenvalue weighted by Gasteiger charge is 2.21. The number of aromatic nitrogens is 2. The summed E-state index contributed by atoms with van der Waals surface area (Å²) in [7, 11) is 0. The van der Waals surface area contributed by atoms with Crippen molar-refractivity contribution in [1.82, 2.24) is 9.78 Å². The summed E-state index contributed by atoms with van der Waals surface area (Å²) < 4.78 is 3.14. The first-order chi connectivity index (χ1) is 8.29. The Morgan fingerprint density at radius 3 is 2.71 bits per heavy atom. The molecule has 1 aromatic carbocycles. The zero-order valence-electron chi connectivity index (χ0n) is 9.49. The van der Waals surface area contributed by atoms with Crippen molar-refractivity contribution in [2.24, 2.45) is 5.73 Å². The molecule has 1 heterocycles. The van der Waals surface area contributed by atoms with E-state index in [4.69, 9.17) is 5.73 Å². The van der Waals surface area contributed by atoms with Crippen LogP contribution >= 0.6 is 15.9 Å². The quantitative estimate of drug-likeness (QED) is 0.924. The number of rotatable bonds is 2. The molecule has 3 rings (SSSR count). The van der Waals surface area contributed by atoms with Crippen LogP contribution < -0.4 is 5.73 Å². The van der Waals surface area contributed by atoms with Gasteiger partial charge in [0.15, 0.2) is 0 Å². The Kier molecular flexibility index (Phi) is 2.76. The van der Waals surface area contributed by atoms with Crippen LogP contribution in [0.1, 0.15) is 23.4 Å². The van der Waals surface area contributed by atoms with Gasteiger partial charge in [-0.2, -0.15) is 5.10 Å². The van der Waals surface area contributed by atoms with Gasteiger partial charge in [0.05, 0.1) is 11.4 Å². The molecule has 3 nitrogen and oxygen atoms in total. The van der Waals surface area contributed by atoms with Crippen molar-refractivity contribution in [3.8, 4) is 5.69 Å². The van der Waals surface area contributed by atoms with Crippen molar-refractivity contribution in [1.29, 1.82) is 0 Å². The second kappa shape index (κ2) is 4.27. The van der Waals surface area contributed by atoms with Crippen LogP contribution in [0, 0.1) is 0 Å². The highest BCUT2D eigenvalue weighted by Crippen LogP contribution is 2.27. The maximum atomic E-state index is 5.76. The van der Waals surface area contributed by atoms with Crippen LogP contribution in [0.15, 0.2) is 28.7 Å². The summed E-state index contributed by atoms with van der Waals surface area (Å²) >= 11 is 3.45. The summed E-state index contributed by atoms with van der Waals surface area (Å²) in [6, 6.07) is 8.24. The van der Waals surface area contributed by atoms with Crippen LogP contribution in [0.5, 0.6) is 0 Å². The molecule has 0 amide bonds. The average molecular weight is 292 g/mol. The molecule has 2 N–H and O–H groups in total. The minimum atomic E-state index is 0.534. The number of nitrogens with two attached hydrogens (primary N) is 1. The van der Waals surface area contributed by atoms with Gasteiger partial charge in [-0.25, -0.2) is 4.68 Å². The highest BCUT2D eigenvalue weighted by molar-refractivity contribution is 9.10. The predicted molar refractivity (Wildman–Crippen MR) is 71.2 cm³/mol. The molecule has 0 fully saturated rings. The molecule has 1 aromatic heterocycles. The lowest BCUT2D eigenvalue weighted by atomic mass is 10.2. The first-order valence-corrected chi connectivity index (χ1v) is 6.64. The predicted octanol–water partition coefficient (Wildman–Crippen LogP) is 2.58. The van der Waals surface area contributed by atoms with Gasteiger partial charge in [-0.05, 0) is 49.1 Å². The molecule has 0 radical (unpaired) electrons. The number of hydrogen-bond acceptors (Lipinski definition) is 2. The van der Waals surface area contributed by atoms with Gasteiger partial charge in [-0.3, -0.25) is 0 Å². The fourth-order valence-electron chi connectivity index (χ4n) is 2.47. The monoisotopic (exact) mass is 291 g/mol. The van der Waals surface area contributed by atoms with Crippen LogP contribution in [0.25, 0.3) is 5.69 Å². The summed E-state index contributed by atoms with van der Waals surface area (Å²) in [5.41, 5.74) is 10.6. The zero-order valence-corrected chi connectivity index (χ0v) is 11.1. The van der Waals surface area contributed by atoms with E-state index >= 15 is 0 Å². The smallest absolute Gasteiger partial charge is 0.0799 e. The molecular weight excluding hydrogens is 278 g/mol. The van der Waals surface area contributed by atoms with E-state index in [1.165, 1.54) is 17.7 Å². The number of nitrogens with zero attached hydrogens (tertiary/aromatic N) is 2. The molecule has 0 aliphatic heterocycles. The topological polar surface area (TPSA) is 43.8 Å². The average Bonchev–Trinajstić information content (AvgIpc) is 2.91. The van der Waals surface area contributed by atoms with Crippen LogP contribution in [-0.2, 0) is 19.4 Å². The third-order valence-electron chi connectivity index (χ3n) is 3.28. The molecule has 1 aliphatic carbocycles. The minimum absolute atomic E-state index is 0.534. The first-order valence-electron chi connectivity index (χ1n) is 5.85. The van der Waals surface area contributed by atoms with Gasteiger partial charge in [0.2, 0.25) is 0 Å². The van der Waals surface area contributed by atoms with E-state index in [1.807, 2.05) is 12.1 Å². The molecule has 2 aromatic rings. The van der Waals surface area contributed by atoms with Crippen molar-refractivity contribution in [3.05, 3.63) is 45.7 Å². The second-order valence-electron chi connectivity index (χ2n) is 4.32. The normalized spacial score (nSPS) is 14.0. The summed E-state index contributed by atoms with van der Waals surface area (Å²) in [5, 5.41) is 4.63. The fraction of sp³-hybridized carbons (Fsp3) is 0.308. The van der Waals surface area contributed by atoms with Gasteiger partial charge in [-0.1, -0.05) is 15.9 Å². The number of fused-ring (bicyclic) bond motifs is 1. The minimum Gasteiger partial charge on any atom is -0.325 e. The van der Waals surface area contributed by atoms with Crippen molar-refractivity contribution in [2.45, 2.75) is 25.8 Å². The standard InChI is InChI=1S/C13H14BrN3/c14-9-4-6-10(7-5-9)17-13-3-1-2-11(13)12(8-15)16-17/h4-7H,1-3,8,15H2. The third-order valence-corrected chi connectivity index (χ3v) is 3.81. The number of hydrogen-bond donors (Lipinski definition) is 1. The van der Waals surface area contributed by atoms with Crippen LogP contribution in [0.2, 0.25) is 0 Å². The van der Waals surface area contributed by atoms with E-state index in [0.717, 1.165) is 28.7 Å². The molecule has 17 heavy (non-hydrogen) atoms. The second-order valence-corrected chi connectivity index (χ2v) is 5.23. The maximum Gasteiger partial charge on any atom is 0.0799 e. The zero-order chi connectivity index (χ0) is 11.8. The third kappa shape index (κ3) is 1.81. The highest BCUT2D eigenvalue weighted by atomic mass is 79.9. The molecule has 0 atom stereocenters. The molecule has 1 aliphatic rings. The lowest BCUT2D eigenvalue weighted by molar-refractivity contribution is 0.758. The molecule has 0 spiro atoms. The van der Waals surface area contributed by atoms with Gasteiger partial charge in [-0.15, -0.1) is 0 Å². The maximum absolute atomic E-state index is 5.76.